The first kappa shape index (κ1) is 24.3. The van der Waals surface area contributed by atoms with Gasteiger partial charge in [0.1, 0.15) is 5.75 Å². The average Bonchev–Trinajstić information content (AvgIpc) is 3.14. The van der Waals surface area contributed by atoms with Crippen LogP contribution in [0, 0.1) is 5.92 Å². The van der Waals surface area contributed by atoms with Gasteiger partial charge in [0.05, 0.1) is 0 Å². The summed E-state index contributed by atoms with van der Waals surface area (Å²) in [6.45, 7) is 6.07. The first-order chi connectivity index (χ1) is 16.7. The SMILES string of the molecule is O=C(COc1ccccc1)N1CCC(C(=O)N2CCCN(CCCc3ccccc3)CC2)CC1. The number of aryl methyl sites for hydroxylation is 1. The van der Waals surface area contributed by atoms with Gasteiger partial charge in [0.25, 0.3) is 5.91 Å². The molecule has 2 heterocycles. The van der Waals surface area contributed by atoms with E-state index in [-0.39, 0.29) is 24.3 Å². The maximum atomic E-state index is 13.2. The Kier molecular flexibility index (Phi) is 8.97. The molecule has 4 rings (SSSR count). The minimum absolute atomic E-state index is 0.00401. The molecule has 34 heavy (non-hydrogen) atoms. The van der Waals surface area contributed by atoms with Crippen LogP contribution in [0.5, 0.6) is 5.75 Å². The quantitative estimate of drug-likeness (QED) is 0.602. The molecule has 2 aromatic rings. The van der Waals surface area contributed by atoms with E-state index in [1.54, 1.807) is 0 Å². The van der Waals surface area contributed by atoms with Gasteiger partial charge in [0.15, 0.2) is 6.61 Å². The van der Waals surface area contributed by atoms with E-state index in [1.165, 1.54) is 5.56 Å². The molecule has 0 saturated carbocycles. The zero-order valence-corrected chi connectivity index (χ0v) is 20.1. The van der Waals surface area contributed by atoms with Crippen molar-refractivity contribution in [2.75, 3.05) is 52.4 Å². The Morgan fingerprint density at radius 3 is 2.24 bits per heavy atom. The summed E-state index contributed by atoms with van der Waals surface area (Å²) in [5.74, 6) is 1.01. The van der Waals surface area contributed by atoms with Crippen LogP contribution in [0.3, 0.4) is 0 Å². The molecule has 2 fully saturated rings. The van der Waals surface area contributed by atoms with Gasteiger partial charge in [0, 0.05) is 38.6 Å². The molecule has 0 bridgehead atoms. The Morgan fingerprint density at radius 2 is 1.50 bits per heavy atom. The molecule has 2 saturated heterocycles. The maximum Gasteiger partial charge on any atom is 0.260 e. The molecule has 2 aromatic carbocycles. The predicted octanol–water partition coefficient (Wildman–Crippen LogP) is 3.47. The molecular formula is C28H37N3O3. The lowest BCUT2D eigenvalue weighted by Crippen LogP contribution is -2.46. The number of carbonyl (C=O) groups is 2. The molecule has 0 aromatic heterocycles. The minimum atomic E-state index is -0.00401. The molecule has 182 valence electrons. The monoisotopic (exact) mass is 463 g/mol. The van der Waals surface area contributed by atoms with Crippen LogP contribution in [0.4, 0.5) is 0 Å². The first-order valence-corrected chi connectivity index (χ1v) is 12.7. The summed E-state index contributed by atoms with van der Waals surface area (Å²) in [7, 11) is 0. The third-order valence-electron chi connectivity index (χ3n) is 6.99. The first-order valence-electron chi connectivity index (χ1n) is 12.7. The van der Waals surface area contributed by atoms with Crippen molar-refractivity contribution in [2.45, 2.75) is 32.1 Å². The number of amides is 2. The summed E-state index contributed by atoms with van der Waals surface area (Å²) in [5, 5.41) is 0. The average molecular weight is 464 g/mol. The lowest BCUT2D eigenvalue weighted by atomic mass is 9.95. The highest BCUT2D eigenvalue weighted by molar-refractivity contribution is 5.80. The van der Waals surface area contributed by atoms with Crippen LogP contribution in [-0.2, 0) is 16.0 Å². The minimum Gasteiger partial charge on any atom is -0.484 e. The summed E-state index contributed by atoms with van der Waals surface area (Å²) in [6.07, 6.45) is 4.78. The van der Waals surface area contributed by atoms with Gasteiger partial charge in [-0.25, -0.2) is 0 Å². The number of hydrogen-bond acceptors (Lipinski definition) is 4. The number of ether oxygens (including phenoxy) is 1. The third-order valence-corrected chi connectivity index (χ3v) is 6.99. The number of para-hydroxylation sites is 1. The van der Waals surface area contributed by atoms with Gasteiger partial charge in [-0.15, -0.1) is 0 Å². The summed E-state index contributed by atoms with van der Waals surface area (Å²) in [6, 6.07) is 20.1. The van der Waals surface area contributed by atoms with E-state index in [2.05, 4.69) is 40.1 Å². The molecule has 2 amide bonds. The second kappa shape index (κ2) is 12.6. The van der Waals surface area contributed by atoms with E-state index in [9.17, 15) is 9.59 Å². The highest BCUT2D eigenvalue weighted by Crippen LogP contribution is 2.21. The lowest BCUT2D eigenvalue weighted by Gasteiger charge is -2.34. The van der Waals surface area contributed by atoms with Crippen LogP contribution in [0.15, 0.2) is 60.7 Å². The number of benzene rings is 2. The number of likely N-dealkylation sites (tertiary alicyclic amines) is 1. The molecule has 6 heteroatoms. The van der Waals surface area contributed by atoms with Crippen molar-refractivity contribution in [3.05, 3.63) is 66.2 Å². The van der Waals surface area contributed by atoms with Gasteiger partial charge in [-0.3, -0.25) is 9.59 Å². The summed E-state index contributed by atoms with van der Waals surface area (Å²) >= 11 is 0. The van der Waals surface area contributed by atoms with Gasteiger partial charge in [-0.1, -0.05) is 48.5 Å². The van der Waals surface area contributed by atoms with Crippen molar-refractivity contribution < 1.29 is 14.3 Å². The Balaban J connectivity index is 1.15. The van der Waals surface area contributed by atoms with Crippen LogP contribution >= 0.6 is 0 Å². The normalized spacial score (nSPS) is 17.9. The number of piperidine rings is 1. The number of nitrogens with zero attached hydrogens (tertiary/aromatic N) is 3. The zero-order valence-electron chi connectivity index (χ0n) is 20.1. The number of carbonyl (C=O) groups excluding carboxylic acids is 2. The second-order valence-electron chi connectivity index (χ2n) is 9.37. The van der Waals surface area contributed by atoms with Crippen LogP contribution < -0.4 is 4.74 Å². The van der Waals surface area contributed by atoms with Crippen molar-refractivity contribution in [3.8, 4) is 5.75 Å². The van der Waals surface area contributed by atoms with Crippen molar-refractivity contribution in [3.63, 3.8) is 0 Å². The summed E-state index contributed by atoms with van der Waals surface area (Å²) in [5.41, 5.74) is 1.39. The van der Waals surface area contributed by atoms with E-state index in [0.29, 0.717) is 18.8 Å². The zero-order chi connectivity index (χ0) is 23.6. The predicted molar refractivity (Wildman–Crippen MR) is 134 cm³/mol. The number of hydrogen-bond donors (Lipinski definition) is 0. The van der Waals surface area contributed by atoms with Crippen molar-refractivity contribution in [1.29, 1.82) is 0 Å². The highest BCUT2D eigenvalue weighted by Gasteiger charge is 2.31. The topological polar surface area (TPSA) is 53.1 Å². The van der Waals surface area contributed by atoms with Gasteiger partial charge in [0.2, 0.25) is 5.91 Å². The molecule has 0 unspecified atom stereocenters. The molecule has 0 atom stereocenters. The van der Waals surface area contributed by atoms with E-state index in [0.717, 1.165) is 64.8 Å². The molecule has 6 nitrogen and oxygen atoms in total. The van der Waals surface area contributed by atoms with Gasteiger partial charge in [-0.05, 0) is 62.9 Å². The summed E-state index contributed by atoms with van der Waals surface area (Å²) in [4.78, 5) is 32.1. The molecule has 2 aliphatic rings. The van der Waals surface area contributed by atoms with Crippen LogP contribution in [0.1, 0.15) is 31.2 Å². The Labute approximate surface area is 203 Å². The Morgan fingerprint density at radius 1 is 0.794 bits per heavy atom. The van der Waals surface area contributed by atoms with E-state index in [4.69, 9.17) is 4.74 Å². The Bertz CT molecular complexity index is 898. The van der Waals surface area contributed by atoms with Crippen LogP contribution in [-0.4, -0.2) is 78.9 Å². The molecular weight excluding hydrogens is 426 g/mol. The van der Waals surface area contributed by atoms with Crippen LogP contribution in [0.2, 0.25) is 0 Å². The molecule has 2 aliphatic heterocycles. The van der Waals surface area contributed by atoms with E-state index < -0.39 is 0 Å². The maximum absolute atomic E-state index is 13.2. The molecule has 0 radical (unpaired) electrons. The molecule has 0 aliphatic carbocycles. The molecule has 0 N–H and O–H groups in total. The number of rotatable bonds is 8. The fourth-order valence-corrected chi connectivity index (χ4v) is 4.95. The van der Waals surface area contributed by atoms with Gasteiger partial charge < -0.3 is 19.4 Å². The second-order valence-corrected chi connectivity index (χ2v) is 9.37. The van der Waals surface area contributed by atoms with Crippen LogP contribution in [0.25, 0.3) is 0 Å². The van der Waals surface area contributed by atoms with Crippen molar-refractivity contribution in [1.82, 2.24) is 14.7 Å². The lowest BCUT2D eigenvalue weighted by molar-refractivity contribution is -0.141. The van der Waals surface area contributed by atoms with Crippen molar-refractivity contribution >= 4 is 11.8 Å². The summed E-state index contributed by atoms with van der Waals surface area (Å²) < 4.78 is 5.60. The van der Waals surface area contributed by atoms with E-state index in [1.807, 2.05) is 35.2 Å². The van der Waals surface area contributed by atoms with E-state index >= 15 is 0 Å². The smallest absolute Gasteiger partial charge is 0.260 e. The largest absolute Gasteiger partial charge is 0.484 e. The van der Waals surface area contributed by atoms with Gasteiger partial charge >= 0.3 is 0 Å². The fraction of sp³-hybridized carbons (Fsp3) is 0.500. The Hall–Kier alpha value is -2.86. The fourth-order valence-electron chi connectivity index (χ4n) is 4.95. The third kappa shape index (κ3) is 7.07. The standard InChI is InChI=1S/C28H37N3O3/c32-27(23-34-26-12-5-2-6-13-26)30-19-14-25(15-20-30)28(33)31-18-8-17-29(21-22-31)16-7-11-24-9-3-1-4-10-24/h1-6,9-10,12-13,25H,7-8,11,14-23H2. The molecule has 0 spiro atoms. The highest BCUT2D eigenvalue weighted by atomic mass is 16.5. The van der Waals surface area contributed by atoms with Gasteiger partial charge in [-0.2, -0.15) is 0 Å². The van der Waals surface area contributed by atoms with Crippen molar-refractivity contribution in [2.24, 2.45) is 5.92 Å².